The number of carbonyl (C=O) groups is 2. The first kappa shape index (κ1) is 10.2. The first-order chi connectivity index (χ1) is 8.11. The number of nitrogen functional groups attached to an aromatic ring is 1. The normalized spacial score (nSPS) is 13.5. The second-order valence-corrected chi connectivity index (χ2v) is 4.78. The van der Waals surface area contributed by atoms with Crippen molar-refractivity contribution >= 4 is 28.6 Å². The van der Waals surface area contributed by atoms with Gasteiger partial charge in [0.2, 0.25) is 11.6 Å². The first-order valence-corrected chi connectivity index (χ1v) is 5.91. The van der Waals surface area contributed by atoms with Crippen LogP contribution in [-0.2, 0) is 0 Å². The summed E-state index contributed by atoms with van der Waals surface area (Å²) >= 11 is 1.21. The molecule has 1 aliphatic rings. The van der Waals surface area contributed by atoms with Crippen molar-refractivity contribution in [2.45, 2.75) is 6.92 Å². The van der Waals surface area contributed by atoms with Crippen molar-refractivity contribution in [1.82, 2.24) is 4.98 Å². The van der Waals surface area contributed by atoms with E-state index in [0.717, 1.165) is 5.56 Å². The van der Waals surface area contributed by atoms with E-state index in [-0.39, 0.29) is 17.3 Å². The van der Waals surface area contributed by atoms with E-state index in [0.29, 0.717) is 21.7 Å². The van der Waals surface area contributed by atoms with Gasteiger partial charge in [0.15, 0.2) is 0 Å². The molecule has 0 aliphatic heterocycles. The van der Waals surface area contributed by atoms with Gasteiger partial charge >= 0.3 is 0 Å². The zero-order valence-corrected chi connectivity index (χ0v) is 9.80. The van der Waals surface area contributed by atoms with Crippen LogP contribution in [0.3, 0.4) is 0 Å². The summed E-state index contributed by atoms with van der Waals surface area (Å²) in [4.78, 5) is 28.9. The monoisotopic (exact) mass is 244 g/mol. The third-order valence-corrected chi connectivity index (χ3v) is 3.85. The minimum Gasteiger partial charge on any atom is -0.397 e. The maximum absolute atomic E-state index is 12.3. The third-order valence-electron chi connectivity index (χ3n) is 2.85. The predicted molar refractivity (Wildman–Crippen MR) is 64.6 cm³/mol. The summed E-state index contributed by atoms with van der Waals surface area (Å²) in [5.41, 5.74) is 7.78. The number of carbonyl (C=O) groups excluding carboxylic acids is 2. The van der Waals surface area contributed by atoms with Crippen molar-refractivity contribution in [2.24, 2.45) is 0 Å². The van der Waals surface area contributed by atoms with Crippen LogP contribution in [-0.4, -0.2) is 16.6 Å². The average molecular weight is 244 g/mol. The standard InChI is InChI=1S/C12H8N2O2S/c1-5-2-3-14-9-7(5)11(16)12-8(10(9)15)6(13)4-17-12/h2-4H,13H2,1H3. The van der Waals surface area contributed by atoms with Crippen molar-refractivity contribution in [3.8, 4) is 0 Å². The molecular formula is C12H8N2O2S. The molecule has 0 saturated carbocycles. The molecule has 3 rings (SSSR count). The maximum atomic E-state index is 12.3. The summed E-state index contributed by atoms with van der Waals surface area (Å²) in [6, 6.07) is 1.73. The molecule has 2 aromatic heterocycles. The number of pyridine rings is 1. The second-order valence-electron chi connectivity index (χ2n) is 3.90. The summed E-state index contributed by atoms with van der Waals surface area (Å²) in [6.45, 7) is 1.80. The molecular weight excluding hydrogens is 236 g/mol. The molecule has 0 atom stereocenters. The van der Waals surface area contributed by atoms with E-state index in [1.54, 1.807) is 18.4 Å². The van der Waals surface area contributed by atoms with E-state index >= 15 is 0 Å². The van der Waals surface area contributed by atoms with E-state index in [2.05, 4.69) is 4.98 Å². The van der Waals surface area contributed by atoms with Crippen LogP contribution in [0.1, 0.15) is 36.9 Å². The molecule has 2 N–H and O–H groups in total. The van der Waals surface area contributed by atoms with Crippen molar-refractivity contribution < 1.29 is 9.59 Å². The molecule has 17 heavy (non-hydrogen) atoms. The second kappa shape index (κ2) is 3.24. The van der Waals surface area contributed by atoms with Gasteiger partial charge in [-0.25, -0.2) is 0 Å². The number of ketones is 2. The predicted octanol–water partition coefficient (Wildman–Crippen LogP) is 1.81. The van der Waals surface area contributed by atoms with Crippen LogP contribution < -0.4 is 5.73 Å². The topological polar surface area (TPSA) is 73.1 Å². The van der Waals surface area contributed by atoms with Gasteiger partial charge in [0.25, 0.3) is 0 Å². The van der Waals surface area contributed by atoms with Gasteiger partial charge < -0.3 is 5.73 Å². The molecule has 5 heteroatoms. The minimum absolute atomic E-state index is 0.151. The van der Waals surface area contributed by atoms with E-state index in [9.17, 15) is 9.59 Å². The van der Waals surface area contributed by atoms with Gasteiger partial charge in [0.05, 0.1) is 21.7 Å². The highest BCUT2D eigenvalue weighted by Gasteiger charge is 2.34. The Morgan fingerprint density at radius 2 is 2.00 bits per heavy atom. The summed E-state index contributed by atoms with van der Waals surface area (Å²) in [7, 11) is 0. The molecule has 0 fully saturated rings. The molecule has 4 nitrogen and oxygen atoms in total. The molecule has 0 unspecified atom stereocenters. The SMILES string of the molecule is Cc1ccnc2c1C(=O)c1scc(N)c1C2=O. The van der Waals surface area contributed by atoms with E-state index in [1.165, 1.54) is 17.5 Å². The van der Waals surface area contributed by atoms with Gasteiger partial charge in [-0.1, -0.05) is 0 Å². The Labute approximate surface area is 101 Å². The zero-order valence-electron chi connectivity index (χ0n) is 8.98. The number of thiophene rings is 1. The Hall–Kier alpha value is -2.01. The van der Waals surface area contributed by atoms with Crippen LogP contribution in [0.25, 0.3) is 0 Å². The Balaban J connectivity index is 2.39. The summed E-state index contributed by atoms with van der Waals surface area (Å²) in [5, 5.41) is 1.63. The first-order valence-electron chi connectivity index (χ1n) is 5.03. The van der Waals surface area contributed by atoms with Gasteiger partial charge in [-0.15, -0.1) is 11.3 Å². The quantitative estimate of drug-likeness (QED) is 0.654. The van der Waals surface area contributed by atoms with Gasteiger partial charge in [-0.2, -0.15) is 0 Å². The van der Waals surface area contributed by atoms with E-state index in [1.807, 2.05) is 0 Å². The minimum atomic E-state index is -0.253. The highest BCUT2D eigenvalue weighted by molar-refractivity contribution is 7.13. The third kappa shape index (κ3) is 1.20. The molecule has 0 saturated heterocycles. The molecule has 84 valence electrons. The smallest absolute Gasteiger partial charge is 0.215 e. The van der Waals surface area contributed by atoms with Crippen molar-refractivity contribution in [3.05, 3.63) is 44.9 Å². The number of hydrogen-bond donors (Lipinski definition) is 1. The molecule has 0 spiro atoms. The van der Waals surface area contributed by atoms with E-state index in [4.69, 9.17) is 5.73 Å². The number of hydrogen-bond acceptors (Lipinski definition) is 5. The summed E-state index contributed by atoms with van der Waals surface area (Å²) in [6.07, 6.45) is 1.53. The number of aryl methyl sites for hydroxylation is 1. The van der Waals surface area contributed by atoms with Gasteiger partial charge in [-0.3, -0.25) is 14.6 Å². The molecule has 0 bridgehead atoms. The lowest BCUT2D eigenvalue weighted by Gasteiger charge is -2.15. The Morgan fingerprint density at radius 3 is 2.76 bits per heavy atom. The van der Waals surface area contributed by atoms with Crippen molar-refractivity contribution in [2.75, 3.05) is 5.73 Å². The number of rotatable bonds is 0. The lowest BCUT2D eigenvalue weighted by Crippen LogP contribution is -2.22. The molecule has 2 aromatic rings. The van der Waals surface area contributed by atoms with Crippen LogP contribution in [0.15, 0.2) is 17.6 Å². The van der Waals surface area contributed by atoms with Gasteiger partial charge in [0, 0.05) is 11.6 Å². The average Bonchev–Trinajstić information content (AvgIpc) is 2.68. The van der Waals surface area contributed by atoms with E-state index < -0.39 is 0 Å². The van der Waals surface area contributed by atoms with Gasteiger partial charge in [0.1, 0.15) is 5.69 Å². The number of nitrogens with two attached hydrogens (primary N) is 1. The van der Waals surface area contributed by atoms with Crippen LogP contribution in [0.4, 0.5) is 5.69 Å². The van der Waals surface area contributed by atoms with Crippen LogP contribution in [0.5, 0.6) is 0 Å². The summed E-state index contributed by atoms with van der Waals surface area (Å²) in [5.74, 6) is -0.404. The Morgan fingerprint density at radius 1 is 1.24 bits per heavy atom. The molecule has 0 aromatic carbocycles. The number of aromatic nitrogens is 1. The Kier molecular flexibility index (Phi) is 1.94. The molecule has 0 amide bonds. The number of fused-ring (bicyclic) bond motifs is 2. The van der Waals surface area contributed by atoms with Crippen molar-refractivity contribution in [1.29, 1.82) is 0 Å². The molecule has 0 radical (unpaired) electrons. The number of nitrogens with zero attached hydrogens (tertiary/aromatic N) is 1. The lowest BCUT2D eigenvalue weighted by molar-refractivity contribution is 0.0978. The fourth-order valence-electron chi connectivity index (χ4n) is 2.02. The van der Waals surface area contributed by atoms with Crippen LogP contribution >= 0.6 is 11.3 Å². The number of anilines is 1. The highest BCUT2D eigenvalue weighted by atomic mass is 32.1. The fourth-order valence-corrected chi connectivity index (χ4v) is 2.92. The molecule has 2 heterocycles. The lowest BCUT2D eigenvalue weighted by atomic mass is 9.90. The van der Waals surface area contributed by atoms with Crippen molar-refractivity contribution in [3.63, 3.8) is 0 Å². The zero-order chi connectivity index (χ0) is 12.2. The highest BCUT2D eigenvalue weighted by Crippen LogP contribution is 2.35. The van der Waals surface area contributed by atoms with Gasteiger partial charge in [-0.05, 0) is 18.6 Å². The maximum Gasteiger partial charge on any atom is 0.215 e. The fraction of sp³-hybridized carbons (Fsp3) is 0.0833. The summed E-state index contributed by atoms with van der Waals surface area (Å²) < 4.78 is 0. The van der Waals surface area contributed by atoms with Crippen LogP contribution in [0, 0.1) is 6.92 Å². The molecule has 1 aliphatic carbocycles. The largest absolute Gasteiger partial charge is 0.397 e. The Bertz CT molecular complexity index is 671. The van der Waals surface area contributed by atoms with Crippen LogP contribution in [0.2, 0.25) is 0 Å².